The molecule has 1 rings (SSSR count). The zero-order valence-electron chi connectivity index (χ0n) is 10.2. The molecule has 1 aliphatic rings. The molecule has 1 saturated heterocycles. The SMILES string of the molecule is CCOC(=O)NCC1(C)OCC(C)(C)N1[O]. The number of carbonyl (C=O) groups is 1. The summed E-state index contributed by atoms with van der Waals surface area (Å²) in [5.74, 6) is 0. The van der Waals surface area contributed by atoms with Gasteiger partial charge in [-0.25, -0.2) is 4.79 Å². The molecule has 16 heavy (non-hydrogen) atoms. The lowest BCUT2D eigenvalue weighted by Crippen LogP contribution is -2.53. The highest BCUT2D eigenvalue weighted by atomic mass is 16.6. The van der Waals surface area contributed by atoms with Crippen LogP contribution in [0, 0.1) is 0 Å². The summed E-state index contributed by atoms with van der Waals surface area (Å²) in [6, 6.07) is 0. The topological polar surface area (TPSA) is 70.7 Å². The monoisotopic (exact) mass is 231 g/mol. The molecule has 1 unspecified atom stereocenters. The summed E-state index contributed by atoms with van der Waals surface area (Å²) in [6.45, 7) is 7.73. The van der Waals surface area contributed by atoms with E-state index in [0.717, 1.165) is 5.06 Å². The van der Waals surface area contributed by atoms with Gasteiger partial charge in [0.25, 0.3) is 0 Å². The zero-order chi connectivity index (χ0) is 12.4. The van der Waals surface area contributed by atoms with Gasteiger partial charge in [0.15, 0.2) is 5.72 Å². The minimum Gasteiger partial charge on any atom is -0.450 e. The molecule has 1 amide bonds. The fourth-order valence-corrected chi connectivity index (χ4v) is 1.63. The molecule has 0 aliphatic carbocycles. The van der Waals surface area contributed by atoms with Crippen molar-refractivity contribution >= 4 is 6.09 Å². The first-order valence-corrected chi connectivity index (χ1v) is 5.34. The Hall–Kier alpha value is -0.850. The van der Waals surface area contributed by atoms with Gasteiger partial charge in [0, 0.05) is 0 Å². The van der Waals surface area contributed by atoms with Crippen LogP contribution in [0.3, 0.4) is 0 Å². The Balaban J connectivity index is 2.51. The highest BCUT2D eigenvalue weighted by molar-refractivity contribution is 5.67. The maximum Gasteiger partial charge on any atom is 0.407 e. The summed E-state index contributed by atoms with van der Waals surface area (Å²) in [7, 11) is 0. The fraction of sp³-hybridized carbons (Fsp3) is 0.900. The highest BCUT2D eigenvalue weighted by Gasteiger charge is 2.50. The van der Waals surface area contributed by atoms with Crippen LogP contribution in [0.1, 0.15) is 27.7 Å². The molecule has 93 valence electrons. The summed E-state index contributed by atoms with van der Waals surface area (Å²) in [6.07, 6.45) is -0.537. The third-order valence-corrected chi connectivity index (χ3v) is 2.55. The van der Waals surface area contributed by atoms with Gasteiger partial charge < -0.3 is 14.8 Å². The quantitative estimate of drug-likeness (QED) is 0.783. The van der Waals surface area contributed by atoms with Gasteiger partial charge in [-0.15, -0.1) is 10.3 Å². The van der Waals surface area contributed by atoms with Gasteiger partial charge in [0.05, 0.1) is 25.3 Å². The number of nitrogens with one attached hydrogen (secondary N) is 1. The van der Waals surface area contributed by atoms with Crippen molar-refractivity contribution < 1.29 is 19.5 Å². The van der Waals surface area contributed by atoms with Crippen LogP contribution in [0.15, 0.2) is 0 Å². The molecular weight excluding hydrogens is 212 g/mol. The van der Waals surface area contributed by atoms with Crippen molar-refractivity contribution in [2.45, 2.75) is 39.0 Å². The molecule has 1 atom stereocenters. The van der Waals surface area contributed by atoms with Crippen LogP contribution < -0.4 is 5.32 Å². The van der Waals surface area contributed by atoms with E-state index in [1.807, 2.05) is 0 Å². The summed E-state index contributed by atoms with van der Waals surface area (Å²) in [5, 5.41) is 15.3. The minimum absolute atomic E-state index is 0.110. The number of carbonyl (C=O) groups excluding carboxylic acids is 1. The van der Waals surface area contributed by atoms with Crippen molar-refractivity contribution in [3.8, 4) is 0 Å². The Labute approximate surface area is 95.5 Å². The Morgan fingerprint density at radius 2 is 2.12 bits per heavy atom. The third-order valence-electron chi connectivity index (χ3n) is 2.55. The molecular formula is C10H19N2O4. The van der Waals surface area contributed by atoms with Crippen molar-refractivity contribution in [2.75, 3.05) is 19.8 Å². The van der Waals surface area contributed by atoms with E-state index < -0.39 is 17.4 Å². The summed E-state index contributed by atoms with van der Waals surface area (Å²) >= 11 is 0. The summed E-state index contributed by atoms with van der Waals surface area (Å²) in [4.78, 5) is 11.1. The number of hydroxylamine groups is 2. The number of rotatable bonds is 3. The Bertz CT molecular complexity index is 270. The minimum atomic E-state index is -1.02. The average molecular weight is 231 g/mol. The molecule has 6 heteroatoms. The molecule has 0 aromatic heterocycles. The molecule has 0 bridgehead atoms. The first-order valence-electron chi connectivity index (χ1n) is 5.34. The van der Waals surface area contributed by atoms with Crippen LogP contribution in [0.5, 0.6) is 0 Å². The molecule has 1 radical (unpaired) electrons. The van der Waals surface area contributed by atoms with Crippen LogP contribution >= 0.6 is 0 Å². The summed E-state index contributed by atoms with van der Waals surface area (Å²) < 4.78 is 10.1. The molecule has 1 fully saturated rings. The van der Waals surface area contributed by atoms with Crippen LogP contribution in [0.4, 0.5) is 4.79 Å². The lowest BCUT2D eigenvalue weighted by atomic mass is 10.1. The molecule has 1 aliphatic heterocycles. The second-order valence-corrected chi connectivity index (χ2v) is 4.64. The maximum atomic E-state index is 11.9. The predicted octanol–water partition coefficient (Wildman–Crippen LogP) is 0.905. The van der Waals surface area contributed by atoms with Gasteiger partial charge >= 0.3 is 6.09 Å². The standard InChI is InChI=1S/C10H19N2O4/c1-5-15-8(13)11-6-10(4)12(14)9(2,3)7-16-10/h5-7H2,1-4H3,(H,11,13). The molecule has 1 N–H and O–H groups in total. The van der Waals surface area contributed by atoms with Gasteiger partial charge in [-0.05, 0) is 27.7 Å². The first kappa shape index (κ1) is 13.2. The van der Waals surface area contributed by atoms with Gasteiger partial charge in [0.1, 0.15) is 0 Å². The number of hydrogen-bond donors (Lipinski definition) is 1. The smallest absolute Gasteiger partial charge is 0.407 e. The van der Waals surface area contributed by atoms with Gasteiger partial charge in [-0.3, -0.25) is 0 Å². The van der Waals surface area contributed by atoms with E-state index in [-0.39, 0.29) is 6.54 Å². The Morgan fingerprint density at radius 3 is 2.56 bits per heavy atom. The van der Waals surface area contributed by atoms with E-state index >= 15 is 0 Å². The first-order chi connectivity index (χ1) is 7.32. The van der Waals surface area contributed by atoms with Crippen LogP contribution in [0.25, 0.3) is 0 Å². The number of alkyl carbamates (subject to hydrolysis) is 1. The molecule has 0 spiro atoms. The van der Waals surface area contributed by atoms with E-state index in [1.165, 1.54) is 0 Å². The van der Waals surface area contributed by atoms with Crippen molar-refractivity contribution in [1.82, 2.24) is 10.4 Å². The largest absolute Gasteiger partial charge is 0.450 e. The molecule has 0 aromatic rings. The second kappa shape index (κ2) is 4.57. The predicted molar refractivity (Wildman–Crippen MR) is 56.0 cm³/mol. The number of ether oxygens (including phenoxy) is 2. The molecule has 6 nitrogen and oxygen atoms in total. The Morgan fingerprint density at radius 1 is 1.50 bits per heavy atom. The maximum absolute atomic E-state index is 11.9. The van der Waals surface area contributed by atoms with E-state index in [4.69, 9.17) is 9.47 Å². The Kier molecular flexibility index (Phi) is 3.77. The number of amides is 1. The van der Waals surface area contributed by atoms with Gasteiger partial charge in [0.2, 0.25) is 0 Å². The van der Waals surface area contributed by atoms with E-state index in [1.54, 1.807) is 27.7 Å². The van der Waals surface area contributed by atoms with Crippen LogP contribution in [-0.4, -0.2) is 42.2 Å². The van der Waals surface area contributed by atoms with E-state index in [9.17, 15) is 10.0 Å². The van der Waals surface area contributed by atoms with Gasteiger partial charge in [-0.1, -0.05) is 0 Å². The lowest BCUT2D eigenvalue weighted by Gasteiger charge is -2.31. The van der Waals surface area contributed by atoms with Crippen molar-refractivity contribution in [3.63, 3.8) is 0 Å². The number of hydrogen-bond acceptors (Lipinski definition) is 4. The van der Waals surface area contributed by atoms with Crippen LogP contribution in [-0.2, 0) is 14.7 Å². The molecule has 1 heterocycles. The third kappa shape index (κ3) is 2.63. The molecule has 0 aromatic carbocycles. The van der Waals surface area contributed by atoms with Crippen molar-refractivity contribution in [3.05, 3.63) is 0 Å². The summed E-state index contributed by atoms with van der Waals surface area (Å²) in [5.41, 5.74) is -1.58. The highest BCUT2D eigenvalue weighted by Crippen LogP contribution is 2.32. The molecule has 0 saturated carbocycles. The fourth-order valence-electron chi connectivity index (χ4n) is 1.63. The van der Waals surface area contributed by atoms with Crippen molar-refractivity contribution in [1.29, 1.82) is 0 Å². The normalized spacial score (nSPS) is 29.1. The second-order valence-electron chi connectivity index (χ2n) is 4.64. The van der Waals surface area contributed by atoms with E-state index in [2.05, 4.69) is 5.32 Å². The van der Waals surface area contributed by atoms with Gasteiger partial charge in [-0.2, -0.15) is 0 Å². The zero-order valence-corrected chi connectivity index (χ0v) is 10.2. The average Bonchev–Trinajstić information content (AvgIpc) is 2.42. The lowest BCUT2D eigenvalue weighted by molar-refractivity contribution is -0.281. The van der Waals surface area contributed by atoms with Crippen molar-refractivity contribution in [2.24, 2.45) is 0 Å². The van der Waals surface area contributed by atoms with E-state index in [0.29, 0.717) is 13.2 Å². The van der Waals surface area contributed by atoms with Crippen LogP contribution in [0.2, 0.25) is 0 Å². The number of nitrogens with zero attached hydrogens (tertiary/aromatic N) is 1.